The van der Waals surface area contributed by atoms with Crippen LogP contribution in [0.5, 0.6) is 0 Å². The number of aliphatic carboxylic acids is 1. The van der Waals surface area contributed by atoms with Crippen molar-refractivity contribution in [3.63, 3.8) is 0 Å². The number of rotatable bonds is 8. The maximum absolute atomic E-state index is 12.4. The van der Waals surface area contributed by atoms with Gasteiger partial charge in [-0.15, -0.1) is 5.10 Å². The van der Waals surface area contributed by atoms with E-state index in [-0.39, 0.29) is 11.9 Å². The number of likely N-dealkylation sites (tertiary alicyclic amines) is 1. The molecule has 1 aliphatic heterocycles. The van der Waals surface area contributed by atoms with Crippen molar-refractivity contribution in [3.05, 3.63) is 35.5 Å². The molecule has 9 heteroatoms. The Morgan fingerprint density at radius 2 is 2.25 bits per heavy atom. The molecule has 152 valence electrons. The van der Waals surface area contributed by atoms with Gasteiger partial charge in [-0.25, -0.2) is 0 Å². The number of hydrogen-bond donors (Lipinski definition) is 2. The maximum Gasteiger partial charge on any atom is 0.320 e. The van der Waals surface area contributed by atoms with Crippen molar-refractivity contribution in [1.82, 2.24) is 25.2 Å². The third kappa shape index (κ3) is 4.78. The van der Waals surface area contributed by atoms with Gasteiger partial charge in [-0.05, 0) is 32.4 Å². The van der Waals surface area contributed by atoms with Crippen LogP contribution in [0, 0.1) is 0 Å². The molecule has 3 heterocycles. The minimum atomic E-state index is -0.783. The number of aryl methyl sites for hydroxylation is 1. The Morgan fingerprint density at radius 1 is 1.43 bits per heavy atom. The highest BCUT2D eigenvalue weighted by molar-refractivity contribution is 5.95. The highest BCUT2D eigenvalue weighted by atomic mass is 16.4. The molecule has 2 aromatic heterocycles. The van der Waals surface area contributed by atoms with Gasteiger partial charge in [0.1, 0.15) is 11.8 Å². The summed E-state index contributed by atoms with van der Waals surface area (Å²) in [7, 11) is 0. The molecule has 1 saturated heterocycles. The van der Waals surface area contributed by atoms with Gasteiger partial charge in [-0.3, -0.25) is 19.2 Å². The van der Waals surface area contributed by atoms with Crippen LogP contribution in [0.2, 0.25) is 0 Å². The van der Waals surface area contributed by atoms with E-state index in [1.165, 1.54) is 6.26 Å². The van der Waals surface area contributed by atoms with E-state index < -0.39 is 12.0 Å². The average molecular weight is 389 g/mol. The third-order valence-corrected chi connectivity index (χ3v) is 5.00. The fourth-order valence-electron chi connectivity index (χ4n) is 3.61. The molecule has 0 saturated carbocycles. The summed E-state index contributed by atoms with van der Waals surface area (Å²) in [4.78, 5) is 25.7. The zero-order valence-electron chi connectivity index (χ0n) is 16.3. The van der Waals surface area contributed by atoms with E-state index in [0.717, 1.165) is 25.1 Å². The number of carboxylic acids is 1. The van der Waals surface area contributed by atoms with Crippen LogP contribution in [0.15, 0.2) is 22.9 Å². The molecule has 9 nitrogen and oxygen atoms in total. The monoisotopic (exact) mass is 389 g/mol. The lowest BCUT2D eigenvalue weighted by Gasteiger charge is -2.31. The minimum Gasteiger partial charge on any atom is -0.480 e. The first-order chi connectivity index (χ1) is 13.5. The zero-order chi connectivity index (χ0) is 20.1. The molecule has 1 aliphatic rings. The van der Waals surface area contributed by atoms with Crippen molar-refractivity contribution in [2.45, 2.75) is 64.7 Å². The Bertz CT molecular complexity index is 815. The average Bonchev–Trinajstić information content (AvgIpc) is 3.31. The van der Waals surface area contributed by atoms with Crippen LogP contribution in [-0.4, -0.2) is 55.5 Å². The largest absolute Gasteiger partial charge is 0.480 e. The number of aromatic nitrogens is 3. The van der Waals surface area contributed by atoms with Gasteiger partial charge >= 0.3 is 5.97 Å². The van der Waals surface area contributed by atoms with Crippen molar-refractivity contribution >= 4 is 11.9 Å². The van der Waals surface area contributed by atoms with Gasteiger partial charge in [0.2, 0.25) is 0 Å². The van der Waals surface area contributed by atoms with Gasteiger partial charge in [0.05, 0.1) is 24.1 Å². The van der Waals surface area contributed by atoms with E-state index in [9.17, 15) is 14.7 Å². The molecule has 0 radical (unpaired) electrons. The lowest BCUT2D eigenvalue weighted by atomic mass is 10.0. The number of furan rings is 1. The second-order valence-corrected chi connectivity index (χ2v) is 7.24. The molecular formula is C19H27N5O4. The molecule has 1 unspecified atom stereocenters. The van der Waals surface area contributed by atoms with Crippen LogP contribution < -0.4 is 5.32 Å². The van der Waals surface area contributed by atoms with E-state index in [4.69, 9.17) is 4.42 Å². The predicted octanol–water partition coefficient (Wildman–Crippen LogP) is 1.69. The highest BCUT2D eigenvalue weighted by Gasteiger charge is 2.28. The summed E-state index contributed by atoms with van der Waals surface area (Å²) < 4.78 is 6.98. The van der Waals surface area contributed by atoms with E-state index >= 15 is 0 Å². The predicted molar refractivity (Wildman–Crippen MR) is 101 cm³/mol. The molecule has 2 aromatic rings. The zero-order valence-corrected chi connectivity index (χ0v) is 16.3. The molecule has 1 fully saturated rings. The minimum absolute atomic E-state index is 0.150. The summed E-state index contributed by atoms with van der Waals surface area (Å²) in [5.74, 6) is -0.285. The normalized spacial score (nSPS) is 18.7. The van der Waals surface area contributed by atoms with Crippen LogP contribution in [-0.2, 0) is 24.3 Å². The molecule has 1 amide bonds. The summed E-state index contributed by atoms with van der Waals surface area (Å²) >= 11 is 0. The standard InChI is InChI=1S/C19H27N5O4/c1-3-17-15(7-9-28-17)18(25)20-13(2)10-24-12-14(21-22-24)11-23-8-5-4-6-16(23)19(26)27/h7,9,12-13,16H,3-6,8,10-11H2,1-2H3,(H,20,25)(H,26,27)/t13-,16?/m1/s1. The number of nitrogens with one attached hydrogen (secondary N) is 1. The molecule has 0 aliphatic carbocycles. The van der Waals surface area contributed by atoms with Crippen LogP contribution in [0.4, 0.5) is 0 Å². The van der Waals surface area contributed by atoms with Gasteiger partial charge in [0, 0.05) is 25.2 Å². The summed E-state index contributed by atoms with van der Waals surface area (Å²) in [6.07, 6.45) is 6.59. The van der Waals surface area contributed by atoms with Crippen LogP contribution >= 0.6 is 0 Å². The highest BCUT2D eigenvalue weighted by Crippen LogP contribution is 2.19. The fraction of sp³-hybridized carbons (Fsp3) is 0.579. The van der Waals surface area contributed by atoms with Gasteiger partial charge < -0.3 is 14.8 Å². The first-order valence-electron chi connectivity index (χ1n) is 9.71. The molecule has 0 aromatic carbocycles. The first kappa shape index (κ1) is 20.1. The number of hydrogen-bond acceptors (Lipinski definition) is 6. The Hall–Kier alpha value is -2.68. The summed E-state index contributed by atoms with van der Waals surface area (Å²) in [5.41, 5.74) is 1.29. The molecule has 2 N–H and O–H groups in total. The van der Waals surface area contributed by atoms with Crippen LogP contribution in [0.25, 0.3) is 0 Å². The number of carbonyl (C=O) groups excluding carboxylic acids is 1. The second kappa shape index (κ2) is 9.01. The maximum atomic E-state index is 12.4. The summed E-state index contributed by atoms with van der Waals surface area (Å²) in [5, 5.41) is 20.6. The van der Waals surface area contributed by atoms with Gasteiger partial charge in [-0.1, -0.05) is 18.6 Å². The van der Waals surface area contributed by atoms with Gasteiger partial charge in [-0.2, -0.15) is 0 Å². The van der Waals surface area contributed by atoms with Gasteiger partial charge in [0.15, 0.2) is 0 Å². The van der Waals surface area contributed by atoms with Crippen LogP contribution in [0.3, 0.4) is 0 Å². The third-order valence-electron chi connectivity index (χ3n) is 5.00. The first-order valence-corrected chi connectivity index (χ1v) is 9.71. The molecular weight excluding hydrogens is 362 g/mol. The van der Waals surface area contributed by atoms with E-state index in [2.05, 4.69) is 15.6 Å². The molecule has 3 rings (SSSR count). The number of nitrogens with zero attached hydrogens (tertiary/aromatic N) is 4. The second-order valence-electron chi connectivity index (χ2n) is 7.24. The van der Waals surface area contributed by atoms with Gasteiger partial charge in [0.25, 0.3) is 5.91 Å². The van der Waals surface area contributed by atoms with E-state index in [1.54, 1.807) is 10.7 Å². The summed E-state index contributed by atoms with van der Waals surface area (Å²) in [6, 6.07) is 1.06. The van der Waals surface area contributed by atoms with Crippen molar-refractivity contribution in [1.29, 1.82) is 0 Å². The Balaban J connectivity index is 1.55. The molecule has 0 bridgehead atoms. The lowest BCUT2D eigenvalue weighted by molar-refractivity contribution is -0.144. The number of piperidine rings is 1. The van der Waals surface area contributed by atoms with Crippen molar-refractivity contribution < 1.29 is 19.1 Å². The number of amides is 1. The van der Waals surface area contributed by atoms with Crippen molar-refractivity contribution in [2.75, 3.05) is 6.54 Å². The molecule has 2 atom stereocenters. The Morgan fingerprint density at radius 3 is 3.00 bits per heavy atom. The quantitative estimate of drug-likeness (QED) is 0.706. The van der Waals surface area contributed by atoms with E-state index in [1.807, 2.05) is 24.9 Å². The Labute approximate surface area is 163 Å². The number of carbonyl (C=O) groups is 2. The number of carboxylic acid groups (broad SMARTS) is 1. The SMILES string of the molecule is CCc1occc1C(=O)N[C@H](C)Cn1cc(CN2CCCCC2C(=O)O)nn1. The molecule has 0 spiro atoms. The fourth-order valence-corrected chi connectivity index (χ4v) is 3.61. The van der Waals surface area contributed by atoms with Crippen molar-refractivity contribution in [3.8, 4) is 0 Å². The van der Waals surface area contributed by atoms with E-state index in [0.29, 0.717) is 37.3 Å². The smallest absolute Gasteiger partial charge is 0.320 e. The molecule has 28 heavy (non-hydrogen) atoms. The van der Waals surface area contributed by atoms with Crippen LogP contribution in [0.1, 0.15) is 54.9 Å². The van der Waals surface area contributed by atoms with Crippen molar-refractivity contribution in [2.24, 2.45) is 0 Å². The summed E-state index contributed by atoms with van der Waals surface area (Å²) in [6.45, 7) is 5.52. The lowest BCUT2D eigenvalue weighted by Crippen LogP contribution is -2.44. The topological polar surface area (TPSA) is 113 Å². The Kier molecular flexibility index (Phi) is 6.45.